The van der Waals surface area contributed by atoms with E-state index in [1.54, 1.807) is 0 Å². The molecule has 0 spiro atoms. The van der Waals surface area contributed by atoms with E-state index in [4.69, 9.17) is 5.73 Å². The average Bonchev–Trinajstić information content (AvgIpc) is 3.06. The molecule has 0 saturated heterocycles. The van der Waals surface area contributed by atoms with Crippen LogP contribution >= 0.6 is 0 Å². The van der Waals surface area contributed by atoms with Crippen LogP contribution < -0.4 is 11.1 Å². The Morgan fingerprint density at radius 3 is 2.69 bits per heavy atom. The minimum Gasteiger partial charge on any atom is -0.327 e. The van der Waals surface area contributed by atoms with E-state index in [0.29, 0.717) is 6.04 Å². The maximum absolute atomic E-state index is 6.11. The molecule has 2 aliphatic rings. The summed E-state index contributed by atoms with van der Waals surface area (Å²) in [5.41, 5.74) is 6.11. The van der Waals surface area contributed by atoms with E-state index in [9.17, 15) is 0 Å². The van der Waals surface area contributed by atoms with Crippen molar-refractivity contribution in [2.75, 3.05) is 6.54 Å². The lowest BCUT2D eigenvalue weighted by molar-refractivity contribution is 0.424. The lowest BCUT2D eigenvalue weighted by atomic mass is 10.0. The van der Waals surface area contributed by atoms with Gasteiger partial charge in [0.2, 0.25) is 0 Å². The summed E-state index contributed by atoms with van der Waals surface area (Å²) in [6, 6.07) is 1.24. The molecule has 0 amide bonds. The summed E-state index contributed by atoms with van der Waals surface area (Å²) in [5.74, 6) is 1.80. The van der Waals surface area contributed by atoms with Gasteiger partial charge in [-0.3, -0.25) is 0 Å². The molecule has 2 fully saturated rings. The van der Waals surface area contributed by atoms with Crippen molar-refractivity contribution < 1.29 is 0 Å². The predicted octanol–water partition coefficient (Wildman–Crippen LogP) is 2.67. The fraction of sp³-hybridized carbons (Fsp3) is 1.00. The molecule has 0 bridgehead atoms. The Kier molecular flexibility index (Phi) is 4.66. The van der Waals surface area contributed by atoms with E-state index in [1.165, 1.54) is 51.4 Å². The highest BCUT2D eigenvalue weighted by Gasteiger charge is 2.28. The standard InChI is InChI=1S/C14H28N2/c1-11-3-2-4-13(8-5-11)16-10-9-14(15)12-6-7-12/h11-14,16H,2-10,15H2,1H3. The second-order valence-corrected chi connectivity index (χ2v) is 6.05. The Morgan fingerprint density at radius 1 is 1.12 bits per heavy atom. The van der Waals surface area contributed by atoms with Crippen LogP contribution in [0.5, 0.6) is 0 Å². The van der Waals surface area contributed by atoms with Crippen molar-refractivity contribution in [3.63, 3.8) is 0 Å². The third kappa shape index (κ3) is 4.06. The predicted molar refractivity (Wildman–Crippen MR) is 69.4 cm³/mol. The summed E-state index contributed by atoms with van der Waals surface area (Å²) in [5, 5.41) is 3.72. The first-order chi connectivity index (χ1) is 7.75. The van der Waals surface area contributed by atoms with Crippen molar-refractivity contribution in [3.8, 4) is 0 Å². The zero-order valence-electron chi connectivity index (χ0n) is 10.8. The maximum atomic E-state index is 6.11. The van der Waals surface area contributed by atoms with Crippen molar-refractivity contribution >= 4 is 0 Å². The molecule has 3 N–H and O–H groups in total. The molecule has 2 aliphatic carbocycles. The van der Waals surface area contributed by atoms with Gasteiger partial charge in [-0.1, -0.05) is 19.8 Å². The molecule has 2 heteroatoms. The van der Waals surface area contributed by atoms with Gasteiger partial charge in [-0.05, 0) is 56.9 Å². The van der Waals surface area contributed by atoms with E-state index in [1.807, 2.05) is 0 Å². The molecule has 94 valence electrons. The fourth-order valence-electron chi connectivity index (χ4n) is 2.91. The lowest BCUT2D eigenvalue weighted by Gasteiger charge is -2.18. The van der Waals surface area contributed by atoms with Crippen LogP contribution in [0.2, 0.25) is 0 Å². The molecule has 3 unspecified atom stereocenters. The van der Waals surface area contributed by atoms with Gasteiger partial charge in [-0.25, -0.2) is 0 Å². The second kappa shape index (κ2) is 6.02. The van der Waals surface area contributed by atoms with E-state index in [0.717, 1.165) is 24.4 Å². The van der Waals surface area contributed by atoms with Crippen molar-refractivity contribution in [2.24, 2.45) is 17.6 Å². The zero-order valence-corrected chi connectivity index (χ0v) is 10.8. The van der Waals surface area contributed by atoms with Crippen LogP contribution in [-0.2, 0) is 0 Å². The Labute approximate surface area is 100 Å². The highest BCUT2D eigenvalue weighted by molar-refractivity contribution is 4.84. The molecule has 2 rings (SSSR count). The smallest absolute Gasteiger partial charge is 0.00792 e. The monoisotopic (exact) mass is 224 g/mol. The topological polar surface area (TPSA) is 38.0 Å². The minimum atomic E-state index is 0.470. The van der Waals surface area contributed by atoms with Gasteiger partial charge in [0.25, 0.3) is 0 Å². The zero-order chi connectivity index (χ0) is 11.4. The molecule has 2 nitrogen and oxygen atoms in total. The van der Waals surface area contributed by atoms with Crippen LogP contribution in [0.25, 0.3) is 0 Å². The van der Waals surface area contributed by atoms with Crippen LogP contribution in [0, 0.1) is 11.8 Å². The minimum absolute atomic E-state index is 0.470. The first-order valence-electron chi connectivity index (χ1n) is 7.24. The van der Waals surface area contributed by atoms with E-state index in [2.05, 4.69) is 12.2 Å². The van der Waals surface area contributed by atoms with Crippen LogP contribution in [-0.4, -0.2) is 18.6 Å². The van der Waals surface area contributed by atoms with Gasteiger partial charge in [0, 0.05) is 12.1 Å². The number of hydrogen-bond acceptors (Lipinski definition) is 2. The Hall–Kier alpha value is -0.0800. The number of nitrogens with two attached hydrogens (primary N) is 1. The highest BCUT2D eigenvalue weighted by Crippen LogP contribution is 2.32. The van der Waals surface area contributed by atoms with Gasteiger partial charge in [-0.15, -0.1) is 0 Å². The van der Waals surface area contributed by atoms with Crippen LogP contribution in [0.4, 0.5) is 0 Å². The maximum Gasteiger partial charge on any atom is 0.00792 e. The second-order valence-electron chi connectivity index (χ2n) is 6.05. The molecule has 3 atom stereocenters. The summed E-state index contributed by atoms with van der Waals surface area (Å²) in [6.45, 7) is 3.53. The molecule has 2 saturated carbocycles. The average molecular weight is 224 g/mol. The van der Waals surface area contributed by atoms with Crippen molar-refractivity contribution in [2.45, 2.75) is 70.4 Å². The van der Waals surface area contributed by atoms with Gasteiger partial charge in [0.05, 0.1) is 0 Å². The normalized spacial score (nSPS) is 33.4. The number of hydrogen-bond donors (Lipinski definition) is 2. The Morgan fingerprint density at radius 2 is 1.94 bits per heavy atom. The number of rotatable bonds is 5. The third-order valence-electron chi connectivity index (χ3n) is 4.40. The molecule has 0 heterocycles. The summed E-state index contributed by atoms with van der Waals surface area (Å²) >= 11 is 0. The molecule has 0 aromatic carbocycles. The highest BCUT2D eigenvalue weighted by atomic mass is 14.9. The molecular weight excluding hydrogens is 196 g/mol. The van der Waals surface area contributed by atoms with E-state index >= 15 is 0 Å². The Bertz CT molecular complexity index is 201. The van der Waals surface area contributed by atoms with Gasteiger partial charge in [0.1, 0.15) is 0 Å². The first kappa shape index (κ1) is 12.4. The van der Waals surface area contributed by atoms with Gasteiger partial charge in [-0.2, -0.15) is 0 Å². The SMILES string of the molecule is CC1CCCC(NCCC(N)C2CC2)CC1. The molecule has 0 radical (unpaired) electrons. The largest absolute Gasteiger partial charge is 0.327 e. The van der Waals surface area contributed by atoms with Crippen molar-refractivity contribution in [1.82, 2.24) is 5.32 Å². The fourth-order valence-corrected chi connectivity index (χ4v) is 2.91. The van der Waals surface area contributed by atoms with Crippen LogP contribution in [0.15, 0.2) is 0 Å². The summed E-state index contributed by atoms with van der Waals surface area (Å²) in [4.78, 5) is 0. The van der Waals surface area contributed by atoms with E-state index < -0.39 is 0 Å². The van der Waals surface area contributed by atoms with Gasteiger partial charge < -0.3 is 11.1 Å². The molecule has 0 aromatic heterocycles. The summed E-state index contributed by atoms with van der Waals surface area (Å²) in [7, 11) is 0. The summed E-state index contributed by atoms with van der Waals surface area (Å²) < 4.78 is 0. The molecular formula is C14H28N2. The van der Waals surface area contributed by atoms with Crippen LogP contribution in [0.1, 0.15) is 58.3 Å². The molecule has 0 aliphatic heterocycles. The third-order valence-corrected chi connectivity index (χ3v) is 4.40. The molecule has 0 aromatic rings. The van der Waals surface area contributed by atoms with Crippen LogP contribution in [0.3, 0.4) is 0 Å². The molecule has 16 heavy (non-hydrogen) atoms. The van der Waals surface area contributed by atoms with Gasteiger partial charge in [0.15, 0.2) is 0 Å². The first-order valence-corrected chi connectivity index (χ1v) is 7.24. The van der Waals surface area contributed by atoms with Crippen molar-refractivity contribution in [1.29, 1.82) is 0 Å². The van der Waals surface area contributed by atoms with Gasteiger partial charge >= 0.3 is 0 Å². The lowest BCUT2D eigenvalue weighted by Crippen LogP contribution is -2.34. The summed E-state index contributed by atoms with van der Waals surface area (Å²) in [6.07, 6.45) is 10.9. The number of nitrogens with one attached hydrogen (secondary N) is 1. The van der Waals surface area contributed by atoms with Crippen molar-refractivity contribution in [3.05, 3.63) is 0 Å². The Balaban J connectivity index is 1.57. The quantitative estimate of drug-likeness (QED) is 0.705. The van der Waals surface area contributed by atoms with E-state index in [-0.39, 0.29) is 0 Å².